The lowest BCUT2D eigenvalue weighted by Gasteiger charge is -2.11. The molecule has 0 bridgehead atoms. The molecule has 0 aliphatic heterocycles. The average molecular weight is 276 g/mol. The summed E-state index contributed by atoms with van der Waals surface area (Å²) in [5.41, 5.74) is 3.12. The molecule has 0 aromatic heterocycles. The van der Waals surface area contributed by atoms with Crippen LogP contribution >= 0.6 is 11.6 Å². The van der Waals surface area contributed by atoms with E-state index in [0.29, 0.717) is 17.6 Å². The van der Waals surface area contributed by atoms with Gasteiger partial charge in [0.05, 0.1) is 0 Å². The highest BCUT2D eigenvalue weighted by Gasteiger charge is 2.20. The summed E-state index contributed by atoms with van der Waals surface area (Å²) in [6.07, 6.45) is 2.46. The molecule has 1 aliphatic carbocycles. The average Bonchev–Trinajstić information content (AvgIpc) is 3.22. The van der Waals surface area contributed by atoms with Gasteiger partial charge < -0.3 is 5.32 Å². The standard InChI is InChI=1S/C16H15ClFN/c17-13-3-1-11(2-4-13)16-8-5-14(18)9-12(16)10-19-15-6-7-15/h1-5,8-9,15,19H,6-7,10H2. The molecule has 1 nitrogen and oxygen atoms in total. The Labute approximate surface area is 117 Å². The summed E-state index contributed by atoms with van der Waals surface area (Å²) in [6.45, 7) is 0.709. The van der Waals surface area contributed by atoms with E-state index in [-0.39, 0.29) is 5.82 Å². The first-order valence-electron chi connectivity index (χ1n) is 6.50. The van der Waals surface area contributed by atoms with Gasteiger partial charge in [0.2, 0.25) is 0 Å². The largest absolute Gasteiger partial charge is 0.310 e. The molecule has 0 heterocycles. The van der Waals surface area contributed by atoms with E-state index in [0.717, 1.165) is 16.7 Å². The van der Waals surface area contributed by atoms with Crippen molar-refractivity contribution in [2.24, 2.45) is 0 Å². The maximum Gasteiger partial charge on any atom is 0.123 e. The molecule has 0 atom stereocenters. The molecule has 2 aromatic carbocycles. The Bertz CT molecular complexity index is 576. The molecular weight excluding hydrogens is 261 g/mol. The molecule has 3 heteroatoms. The first kappa shape index (κ1) is 12.6. The second-order valence-electron chi connectivity index (χ2n) is 4.96. The third-order valence-electron chi connectivity index (χ3n) is 3.38. The predicted molar refractivity (Wildman–Crippen MR) is 76.7 cm³/mol. The SMILES string of the molecule is Fc1ccc(-c2ccc(Cl)cc2)c(CNC2CC2)c1. The van der Waals surface area contributed by atoms with Gasteiger partial charge in [-0.3, -0.25) is 0 Å². The summed E-state index contributed by atoms with van der Waals surface area (Å²) in [5, 5.41) is 4.14. The minimum atomic E-state index is -0.190. The smallest absolute Gasteiger partial charge is 0.123 e. The molecule has 98 valence electrons. The van der Waals surface area contributed by atoms with Crippen LogP contribution in [0.4, 0.5) is 4.39 Å². The van der Waals surface area contributed by atoms with E-state index in [1.54, 1.807) is 6.07 Å². The van der Waals surface area contributed by atoms with Gasteiger partial charge in [0, 0.05) is 17.6 Å². The third kappa shape index (κ3) is 3.14. The van der Waals surface area contributed by atoms with Crippen LogP contribution in [0.3, 0.4) is 0 Å². The van der Waals surface area contributed by atoms with E-state index in [1.165, 1.54) is 18.9 Å². The highest BCUT2D eigenvalue weighted by atomic mass is 35.5. The van der Waals surface area contributed by atoms with Gasteiger partial charge >= 0.3 is 0 Å². The van der Waals surface area contributed by atoms with Crippen LogP contribution in [0, 0.1) is 5.82 Å². The van der Waals surface area contributed by atoms with Crippen molar-refractivity contribution in [1.82, 2.24) is 5.32 Å². The zero-order chi connectivity index (χ0) is 13.2. The second-order valence-corrected chi connectivity index (χ2v) is 5.40. The van der Waals surface area contributed by atoms with Gasteiger partial charge in [0.25, 0.3) is 0 Å². The van der Waals surface area contributed by atoms with Gasteiger partial charge in [-0.2, -0.15) is 0 Å². The number of benzene rings is 2. The summed E-state index contributed by atoms with van der Waals surface area (Å²) >= 11 is 5.90. The molecule has 0 saturated heterocycles. The van der Waals surface area contributed by atoms with Crippen molar-refractivity contribution in [3.63, 3.8) is 0 Å². The summed E-state index contributed by atoms with van der Waals surface area (Å²) in [5.74, 6) is -0.190. The van der Waals surface area contributed by atoms with Gasteiger partial charge in [-0.25, -0.2) is 4.39 Å². The molecule has 1 saturated carbocycles. The number of halogens is 2. The van der Waals surface area contributed by atoms with E-state index in [9.17, 15) is 4.39 Å². The Balaban J connectivity index is 1.91. The van der Waals surface area contributed by atoms with E-state index in [1.807, 2.05) is 30.3 Å². The predicted octanol–water partition coefficient (Wildman–Crippen LogP) is 4.40. The molecule has 1 aliphatic rings. The van der Waals surface area contributed by atoms with E-state index in [4.69, 9.17) is 11.6 Å². The summed E-state index contributed by atoms with van der Waals surface area (Å²) < 4.78 is 13.4. The fourth-order valence-electron chi connectivity index (χ4n) is 2.16. The van der Waals surface area contributed by atoms with Crippen molar-refractivity contribution in [3.8, 4) is 11.1 Å². The quantitative estimate of drug-likeness (QED) is 0.872. The highest BCUT2D eigenvalue weighted by molar-refractivity contribution is 6.30. The molecule has 0 amide bonds. The Morgan fingerprint density at radius 1 is 1.11 bits per heavy atom. The van der Waals surface area contributed by atoms with Gasteiger partial charge in [-0.1, -0.05) is 29.8 Å². The lowest BCUT2D eigenvalue weighted by Crippen LogP contribution is -2.16. The third-order valence-corrected chi connectivity index (χ3v) is 3.63. The monoisotopic (exact) mass is 275 g/mol. The zero-order valence-electron chi connectivity index (χ0n) is 10.5. The molecule has 3 rings (SSSR count). The minimum absolute atomic E-state index is 0.190. The van der Waals surface area contributed by atoms with Crippen LogP contribution in [0.1, 0.15) is 18.4 Å². The molecule has 0 radical (unpaired) electrons. The van der Waals surface area contributed by atoms with Crippen LogP contribution in [0.15, 0.2) is 42.5 Å². The summed E-state index contributed by atoms with van der Waals surface area (Å²) in [7, 11) is 0. The van der Waals surface area contributed by atoms with Crippen LogP contribution in [-0.2, 0) is 6.54 Å². The van der Waals surface area contributed by atoms with Crippen LogP contribution in [0.2, 0.25) is 5.02 Å². The normalized spacial score (nSPS) is 14.6. The Morgan fingerprint density at radius 3 is 2.53 bits per heavy atom. The second kappa shape index (κ2) is 5.32. The molecule has 1 fully saturated rings. The van der Waals surface area contributed by atoms with Gasteiger partial charge in [0.15, 0.2) is 0 Å². The van der Waals surface area contributed by atoms with Crippen molar-refractivity contribution < 1.29 is 4.39 Å². The zero-order valence-corrected chi connectivity index (χ0v) is 11.3. The molecule has 19 heavy (non-hydrogen) atoms. The Hall–Kier alpha value is -1.38. The maximum atomic E-state index is 13.4. The van der Waals surface area contributed by atoms with E-state index >= 15 is 0 Å². The van der Waals surface area contributed by atoms with E-state index in [2.05, 4.69) is 5.32 Å². The van der Waals surface area contributed by atoms with Crippen molar-refractivity contribution in [1.29, 1.82) is 0 Å². The topological polar surface area (TPSA) is 12.0 Å². The molecule has 0 spiro atoms. The number of rotatable bonds is 4. The van der Waals surface area contributed by atoms with Crippen molar-refractivity contribution in [2.75, 3.05) is 0 Å². The van der Waals surface area contributed by atoms with Crippen LogP contribution < -0.4 is 5.32 Å². The highest BCUT2D eigenvalue weighted by Crippen LogP contribution is 2.27. The fraction of sp³-hybridized carbons (Fsp3) is 0.250. The first-order chi connectivity index (χ1) is 9.22. The molecule has 2 aromatic rings. The summed E-state index contributed by atoms with van der Waals surface area (Å²) in [4.78, 5) is 0. The van der Waals surface area contributed by atoms with Crippen LogP contribution in [-0.4, -0.2) is 6.04 Å². The van der Waals surface area contributed by atoms with Gasteiger partial charge in [0.1, 0.15) is 5.82 Å². The van der Waals surface area contributed by atoms with Crippen molar-refractivity contribution >= 4 is 11.6 Å². The molecule has 0 unspecified atom stereocenters. The lowest BCUT2D eigenvalue weighted by molar-refractivity contribution is 0.620. The first-order valence-corrected chi connectivity index (χ1v) is 6.88. The van der Waals surface area contributed by atoms with Gasteiger partial charge in [-0.15, -0.1) is 0 Å². The minimum Gasteiger partial charge on any atom is -0.310 e. The Morgan fingerprint density at radius 2 is 1.84 bits per heavy atom. The number of nitrogens with one attached hydrogen (secondary N) is 1. The number of hydrogen-bond donors (Lipinski definition) is 1. The van der Waals surface area contributed by atoms with Gasteiger partial charge in [-0.05, 0) is 53.8 Å². The molecule has 1 N–H and O–H groups in total. The van der Waals surface area contributed by atoms with E-state index < -0.39 is 0 Å². The van der Waals surface area contributed by atoms with Crippen LogP contribution in [0.5, 0.6) is 0 Å². The van der Waals surface area contributed by atoms with Crippen molar-refractivity contribution in [3.05, 3.63) is 58.9 Å². The van der Waals surface area contributed by atoms with Crippen molar-refractivity contribution in [2.45, 2.75) is 25.4 Å². The summed E-state index contributed by atoms with van der Waals surface area (Å²) in [6, 6.07) is 13.2. The lowest BCUT2D eigenvalue weighted by atomic mass is 9.99. The number of hydrogen-bond acceptors (Lipinski definition) is 1. The maximum absolute atomic E-state index is 13.4. The fourth-order valence-corrected chi connectivity index (χ4v) is 2.29. The van der Waals surface area contributed by atoms with Crippen LogP contribution in [0.25, 0.3) is 11.1 Å². The molecular formula is C16H15ClFN. The Kier molecular flexibility index (Phi) is 3.54.